The Balaban J connectivity index is 5.24. The molecule has 3 N–H and O–H groups in total. The highest BCUT2D eigenvalue weighted by Crippen LogP contribution is 2.45. The number of ether oxygens (including phenoxy) is 4. The van der Waals surface area contributed by atoms with E-state index in [1.165, 1.54) is 193 Å². The number of esters is 4. The number of carbonyl (C=O) groups is 4. The van der Waals surface area contributed by atoms with Gasteiger partial charge in [0.15, 0.2) is 12.2 Å². The fraction of sp³-hybridized carbons (Fsp3) is 0.949. The van der Waals surface area contributed by atoms with Crippen LogP contribution in [0.25, 0.3) is 0 Å². The molecule has 0 aromatic rings. The molecule has 0 fully saturated rings. The van der Waals surface area contributed by atoms with Gasteiger partial charge in [0, 0.05) is 25.7 Å². The number of phosphoric acid groups is 2. The van der Waals surface area contributed by atoms with Crippen molar-refractivity contribution < 1.29 is 80.2 Å². The predicted molar refractivity (Wildman–Crippen MR) is 395 cm³/mol. The molecule has 0 aliphatic rings. The SMILES string of the molecule is CCC(C)CCCCCCCCCCCCC(=O)O[C@H](COC(=O)CCCCCCCCC(C)C)COP(=O)(O)OC[C@H](O)COP(=O)(O)OC[C@@H](COC(=O)CCCCCCCCCCCCCCCC(C)C)OC(=O)CCCCCCCCCCCCCCCCCC(C)C. The fourth-order valence-electron chi connectivity index (χ4n) is 11.9. The summed E-state index contributed by atoms with van der Waals surface area (Å²) in [5.41, 5.74) is 0. The predicted octanol–water partition coefficient (Wildman–Crippen LogP) is 22.8. The molecule has 0 rings (SSSR count). The van der Waals surface area contributed by atoms with Crippen LogP contribution in [0.3, 0.4) is 0 Å². The summed E-state index contributed by atoms with van der Waals surface area (Å²) in [4.78, 5) is 72.9. The highest BCUT2D eigenvalue weighted by Gasteiger charge is 2.30. The van der Waals surface area contributed by atoms with Gasteiger partial charge < -0.3 is 33.8 Å². The maximum atomic E-state index is 13.1. The molecule has 0 spiro atoms. The Hall–Kier alpha value is -1.94. The third kappa shape index (κ3) is 70.9. The van der Waals surface area contributed by atoms with E-state index in [9.17, 15) is 43.2 Å². The van der Waals surface area contributed by atoms with Crippen molar-refractivity contribution in [2.75, 3.05) is 39.6 Å². The summed E-state index contributed by atoms with van der Waals surface area (Å²) >= 11 is 0. The van der Waals surface area contributed by atoms with E-state index in [1.54, 1.807) is 0 Å². The summed E-state index contributed by atoms with van der Waals surface area (Å²) in [6.45, 7) is 14.2. The molecule has 97 heavy (non-hydrogen) atoms. The minimum Gasteiger partial charge on any atom is -0.462 e. The minimum atomic E-state index is -4.96. The third-order valence-corrected chi connectivity index (χ3v) is 20.3. The molecular weight excluding hydrogens is 1270 g/mol. The van der Waals surface area contributed by atoms with E-state index >= 15 is 0 Å². The van der Waals surface area contributed by atoms with Gasteiger partial charge in [-0.1, -0.05) is 344 Å². The van der Waals surface area contributed by atoms with Crippen LogP contribution in [0, 0.1) is 23.7 Å². The average molecular weight is 1420 g/mol. The van der Waals surface area contributed by atoms with Crippen molar-refractivity contribution in [1.82, 2.24) is 0 Å². The van der Waals surface area contributed by atoms with E-state index in [2.05, 4.69) is 55.4 Å². The largest absolute Gasteiger partial charge is 0.472 e. The van der Waals surface area contributed by atoms with Crippen LogP contribution in [0.1, 0.15) is 396 Å². The van der Waals surface area contributed by atoms with Gasteiger partial charge in [0.1, 0.15) is 19.3 Å². The van der Waals surface area contributed by atoms with Crippen molar-refractivity contribution in [3.8, 4) is 0 Å². The quantitative estimate of drug-likeness (QED) is 0.0222. The van der Waals surface area contributed by atoms with Gasteiger partial charge >= 0.3 is 39.5 Å². The molecule has 0 radical (unpaired) electrons. The van der Waals surface area contributed by atoms with Crippen LogP contribution in [-0.2, 0) is 65.4 Å². The second-order valence-electron chi connectivity index (χ2n) is 29.8. The van der Waals surface area contributed by atoms with E-state index in [1.807, 2.05) is 0 Å². The summed E-state index contributed by atoms with van der Waals surface area (Å²) in [7, 11) is -9.92. The molecule has 6 atom stereocenters. The Morgan fingerprint density at radius 1 is 0.289 bits per heavy atom. The standard InChI is InChI=1S/C78H152O17P2/c1-9-71(8)57-49-41-32-26-22-23-29-35-45-53-61-78(83)95-74(65-89-76(81)59-51-43-37-36-40-48-56-70(6)7)67-93-97(86,87)91-63-72(79)62-90-96(84,85)92-66-73(64-88-75(80)58-50-42-33-27-20-17-13-15-19-25-31-39-47-55-69(4)5)94-77(82)60-52-44-34-28-21-16-12-10-11-14-18-24-30-38-46-54-68(2)3/h68-74,79H,9-67H2,1-8H3,(H,84,85)(H,86,87)/t71?,72-,73-,74-/m1/s1. The number of aliphatic hydroxyl groups is 1. The third-order valence-electron chi connectivity index (χ3n) is 18.4. The molecule has 0 aromatic heterocycles. The highest BCUT2D eigenvalue weighted by atomic mass is 31.2. The Bertz CT molecular complexity index is 1900. The van der Waals surface area contributed by atoms with Gasteiger partial charge in [0.05, 0.1) is 26.4 Å². The Morgan fingerprint density at radius 2 is 0.495 bits per heavy atom. The molecule has 0 aromatic carbocycles. The number of unbranched alkanes of at least 4 members (excludes halogenated alkanes) is 40. The lowest BCUT2D eigenvalue weighted by atomic mass is 9.99. The molecule has 0 heterocycles. The normalized spacial score (nSPS) is 14.4. The van der Waals surface area contributed by atoms with Gasteiger partial charge in [-0.15, -0.1) is 0 Å². The molecule has 0 amide bonds. The van der Waals surface area contributed by atoms with Crippen LogP contribution in [0.4, 0.5) is 0 Å². The first-order chi connectivity index (χ1) is 46.6. The molecule has 0 saturated carbocycles. The van der Waals surface area contributed by atoms with Crippen molar-refractivity contribution in [2.45, 2.75) is 414 Å². The molecule has 19 heteroatoms. The summed E-state index contributed by atoms with van der Waals surface area (Å²) in [5.74, 6) is 0.957. The van der Waals surface area contributed by atoms with Crippen molar-refractivity contribution in [3.05, 3.63) is 0 Å². The average Bonchev–Trinajstić information content (AvgIpc) is 1.80. The topological polar surface area (TPSA) is 237 Å². The minimum absolute atomic E-state index is 0.105. The lowest BCUT2D eigenvalue weighted by Crippen LogP contribution is -2.30. The second kappa shape index (κ2) is 67.2. The summed E-state index contributed by atoms with van der Waals surface area (Å²) < 4.78 is 68.6. The zero-order chi connectivity index (χ0) is 71.7. The number of aliphatic hydroxyl groups excluding tert-OH is 1. The smallest absolute Gasteiger partial charge is 0.462 e. The number of rotatable bonds is 75. The van der Waals surface area contributed by atoms with Crippen molar-refractivity contribution in [3.63, 3.8) is 0 Å². The lowest BCUT2D eigenvalue weighted by Gasteiger charge is -2.21. The monoisotopic (exact) mass is 1420 g/mol. The Kier molecular flexibility index (Phi) is 65.9. The number of hydrogen-bond donors (Lipinski definition) is 3. The first kappa shape index (κ1) is 95.1. The molecule has 576 valence electrons. The Morgan fingerprint density at radius 3 is 0.732 bits per heavy atom. The molecular formula is C78H152O17P2. The van der Waals surface area contributed by atoms with Crippen LogP contribution in [-0.4, -0.2) is 96.7 Å². The van der Waals surface area contributed by atoms with E-state index < -0.39 is 97.5 Å². The van der Waals surface area contributed by atoms with E-state index in [0.29, 0.717) is 31.6 Å². The van der Waals surface area contributed by atoms with Crippen LogP contribution in [0.2, 0.25) is 0 Å². The fourth-order valence-corrected chi connectivity index (χ4v) is 13.5. The summed E-state index contributed by atoms with van der Waals surface area (Å²) in [5, 5.41) is 10.6. The van der Waals surface area contributed by atoms with Gasteiger partial charge in [-0.2, -0.15) is 0 Å². The van der Waals surface area contributed by atoms with Gasteiger partial charge in [-0.05, 0) is 49.4 Å². The maximum Gasteiger partial charge on any atom is 0.472 e. The lowest BCUT2D eigenvalue weighted by molar-refractivity contribution is -0.161. The van der Waals surface area contributed by atoms with Gasteiger partial charge in [0.25, 0.3) is 0 Å². The number of carbonyl (C=O) groups excluding carboxylic acids is 4. The molecule has 0 aliphatic carbocycles. The van der Waals surface area contributed by atoms with Crippen LogP contribution in [0.5, 0.6) is 0 Å². The molecule has 0 saturated heterocycles. The number of phosphoric ester groups is 2. The molecule has 3 unspecified atom stereocenters. The molecule has 17 nitrogen and oxygen atoms in total. The molecule has 0 aliphatic heterocycles. The first-order valence-corrected chi connectivity index (χ1v) is 43.2. The van der Waals surface area contributed by atoms with E-state index in [4.69, 9.17) is 37.0 Å². The van der Waals surface area contributed by atoms with Gasteiger partial charge in [-0.3, -0.25) is 37.3 Å². The number of hydrogen-bond acceptors (Lipinski definition) is 15. The van der Waals surface area contributed by atoms with E-state index in [0.717, 1.165) is 114 Å². The first-order valence-electron chi connectivity index (χ1n) is 40.2. The molecule has 0 bridgehead atoms. The second-order valence-corrected chi connectivity index (χ2v) is 32.7. The Labute approximate surface area is 594 Å². The summed E-state index contributed by atoms with van der Waals surface area (Å²) in [6, 6.07) is 0. The zero-order valence-electron chi connectivity index (χ0n) is 63.7. The van der Waals surface area contributed by atoms with Gasteiger partial charge in [-0.25, -0.2) is 9.13 Å². The maximum absolute atomic E-state index is 13.1. The van der Waals surface area contributed by atoms with Crippen molar-refractivity contribution >= 4 is 39.5 Å². The van der Waals surface area contributed by atoms with E-state index in [-0.39, 0.29) is 25.7 Å². The van der Waals surface area contributed by atoms with Gasteiger partial charge in [0.2, 0.25) is 0 Å². The van der Waals surface area contributed by atoms with Crippen LogP contribution in [0.15, 0.2) is 0 Å². The van der Waals surface area contributed by atoms with Crippen molar-refractivity contribution in [1.29, 1.82) is 0 Å². The van der Waals surface area contributed by atoms with Crippen LogP contribution < -0.4 is 0 Å². The zero-order valence-corrected chi connectivity index (χ0v) is 65.5. The summed E-state index contributed by atoms with van der Waals surface area (Å²) in [6.07, 6.45) is 52.8. The highest BCUT2D eigenvalue weighted by molar-refractivity contribution is 7.47. The van der Waals surface area contributed by atoms with Crippen LogP contribution >= 0.6 is 15.6 Å². The van der Waals surface area contributed by atoms with Crippen molar-refractivity contribution in [2.24, 2.45) is 23.7 Å².